The second kappa shape index (κ2) is 9.63. The van der Waals surface area contributed by atoms with Crippen molar-refractivity contribution >= 4 is 90.0 Å². The Balaban J connectivity index is 1.31. The highest BCUT2D eigenvalue weighted by molar-refractivity contribution is 8.00. The van der Waals surface area contributed by atoms with Crippen LogP contribution in [0.3, 0.4) is 0 Å². The third-order valence-electron chi connectivity index (χ3n) is 5.91. The molecular weight excluding hydrogens is 511 g/mol. The molecule has 0 aliphatic heterocycles. The van der Waals surface area contributed by atoms with Gasteiger partial charge in [0.1, 0.15) is 0 Å². The lowest BCUT2D eigenvalue weighted by Crippen LogP contribution is -1.88. The van der Waals surface area contributed by atoms with Gasteiger partial charge in [-0.15, -0.1) is 11.3 Å². The summed E-state index contributed by atoms with van der Waals surface area (Å²) in [5.74, 6) is 0.678. The van der Waals surface area contributed by atoms with Gasteiger partial charge in [0.25, 0.3) is 0 Å². The fourth-order valence-corrected chi connectivity index (χ4v) is 7.01. The quantitative estimate of drug-likeness (QED) is 0.126. The second-order valence-electron chi connectivity index (χ2n) is 8.11. The van der Waals surface area contributed by atoms with Crippen LogP contribution in [0.15, 0.2) is 100 Å². The number of aliphatic imine (C=N–C) groups is 1. The Bertz CT molecular complexity index is 1670. The summed E-state index contributed by atoms with van der Waals surface area (Å²) < 4.78 is 2.09. The third-order valence-corrected chi connectivity index (χ3v) is 8.81. The van der Waals surface area contributed by atoms with Gasteiger partial charge in [-0.1, -0.05) is 89.6 Å². The van der Waals surface area contributed by atoms with E-state index in [9.17, 15) is 0 Å². The number of halogens is 2. The summed E-state index contributed by atoms with van der Waals surface area (Å²) in [6.45, 7) is 0. The van der Waals surface area contributed by atoms with Gasteiger partial charge >= 0.3 is 0 Å². The SMILES string of the molecule is Clc1cccc(Cl)c1CSc1nc2ccc(N=Cc3c4ccccc4cc4ccccc34)cc2s1. The monoisotopic (exact) mass is 528 g/mol. The Labute approximate surface area is 221 Å². The molecule has 1 aromatic heterocycles. The number of benzene rings is 5. The minimum Gasteiger partial charge on any atom is -0.256 e. The first kappa shape index (κ1) is 22.6. The molecule has 5 aromatic carbocycles. The third kappa shape index (κ3) is 4.55. The predicted molar refractivity (Wildman–Crippen MR) is 154 cm³/mol. The molecule has 0 spiro atoms. The number of hydrogen-bond acceptors (Lipinski definition) is 4. The van der Waals surface area contributed by atoms with E-state index in [0.717, 1.165) is 31.4 Å². The first-order valence-corrected chi connectivity index (χ1v) is 13.6. The Morgan fingerprint density at radius 2 is 1.49 bits per heavy atom. The summed E-state index contributed by atoms with van der Waals surface area (Å²) >= 11 is 16.0. The zero-order valence-electron chi connectivity index (χ0n) is 18.4. The van der Waals surface area contributed by atoms with Gasteiger partial charge in [-0.25, -0.2) is 4.98 Å². The topological polar surface area (TPSA) is 25.2 Å². The van der Waals surface area contributed by atoms with Gasteiger partial charge < -0.3 is 0 Å². The van der Waals surface area contributed by atoms with Crippen LogP contribution < -0.4 is 0 Å². The number of nitrogens with zero attached hydrogens (tertiary/aromatic N) is 2. The fraction of sp³-hybridized carbons (Fsp3) is 0.0345. The molecule has 0 atom stereocenters. The standard InChI is InChI=1S/C29H18Cl2N2S2/c30-25-10-5-11-26(31)24(25)17-34-29-33-27-13-12-20(15-28(27)35-29)32-16-23-21-8-3-1-6-18(21)14-19-7-2-4-9-22(19)23/h1-16H,17H2. The zero-order valence-corrected chi connectivity index (χ0v) is 21.6. The Morgan fingerprint density at radius 3 is 2.20 bits per heavy atom. The van der Waals surface area contributed by atoms with Crippen molar-refractivity contribution in [2.75, 3.05) is 0 Å². The first-order valence-electron chi connectivity index (χ1n) is 11.1. The first-order chi connectivity index (χ1) is 17.2. The molecule has 1 heterocycles. The summed E-state index contributed by atoms with van der Waals surface area (Å²) in [6.07, 6.45) is 1.99. The van der Waals surface area contributed by atoms with E-state index in [1.54, 1.807) is 23.1 Å². The van der Waals surface area contributed by atoms with Crippen LogP contribution in [0.2, 0.25) is 10.0 Å². The van der Waals surface area contributed by atoms with Crippen LogP contribution in [-0.2, 0) is 5.75 Å². The van der Waals surface area contributed by atoms with Gasteiger partial charge in [0, 0.05) is 27.6 Å². The van der Waals surface area contributed by atoms with E-state index < -0.39 is 0 Å². The Kier molecular flexibility index (Phi) is 6.21. The number of aromatic nitrogens is 1. The lowest BCUT2D eigenvalue weighted by Gasteiger charge is -2.07. The molecule has 6 rings (SSSR count). The van der Waals surface area contributed by atoms with Crippen molar-refractivity contribution in [1.82, 2.24) is 4.98 Å². The molecule has 0 fully saturated rings. The van der Waals surface area contributed by atoms with Crippen molar-refractivity contribution in [3.8, 4) is 0 Å². The lowest BCUT2D eigenvalue weighted by molar-refractivity contribution is 1.29. The largest absolute Gasteiger partial charge is 0.256 e. The number of fused-ring (bicyclic) bond motifs is 3. The van der Waals surface area contributed by atoms with Crippen molar-refractivity contribution in [3.63, 3.8) is 0 Å². The molecule has 35 heavy (non-hydrogen) atoms. The van der Waals surface area contributed by atoms with E-state index in [2.05, 4.69) is 60.7 Å². The second-order valence-corrected chi connectivity index (χ2v) is 11.2. The van der Waals surface area contributed by atoms with E-state index in [1.165, 1.54) is 21.5 Å². The smallest absolute Gasteiger partial charge is 0.151 e. The average Bonchev–Trinajstić information content (AvgIpc) is 3.28. The van der Waals surface area contributed by atoms with Crippen LogP contribution in [0, 0.1) is 0 Å². The van der Waals surface area contributed by atoms with E-state index >= 15 is 0 Å². The maximum atomic E-state index is 6.32. The highest BCUT2D eigenvalue weighted by atomic mass is 35.5. The number of rotatable bonds is 5. The molecule has 0 unspecified atom stereocenters. The van der Waals surface area contributed by atoms with E-state index in [1.807, 2.05) is 36.5 Å². The molecule has 0 bridgehead atoms. The molecule has 0 amide bonds. The highest BCUT2D eigenvalue weighted by Gasteiger charge is 2.10. The molecule has 0 aliphatic rings. The summed E-state index contributed by atoms with van der Waals surface area (Å²) in [5.41, 5.74) is 3.95. The number of thiazole rings is 1. The van der Waals surface area contributed by atoms with E-state index in [-0.39, 0.29) is 0 Å². The lowest BCUT2D eigenvalue weighted by atomic mass is 9.97. The van der Waals surface area contributed by atoms with Gasteiger partial charge in [-0.05, 0) is 63.5 Å². The molecule has 6 aromatic rings. The molecule has 0 saturated heterocycles. The molecule has 0 N–H and O–H groups in total. The van der Waals surface area contributed by atoms with E-state index in [0.29, 0.717) is 15.8 Å². The Hall–Kier alpha value is -2.89. The van der Waals surface area contributed by atoms with Crippen molar-refractivity contribution < 1.29 is 0 Å². The van der Waals surface area contributed by atoms with E-state index in [4.69, 9.17) is 33.2 Å². The van der Waals surface area contributed by atoms with Gasteiger partial charge in [0.15, 0.2) is 4.34 Å². The van der Waals surface area contributed by atoms with Crippen LogP contribution in [0.25, 0.3) is 31.8 Å². The molecule has 0 radical (unpaired) electrons. The van der Waals surface area contributed by atoms with Gasteiger partial charge in [-0.3, -0.25) is 4.99 Å². The number of hydrogen-bond donors (Lipinski definition) is 0. The minimum absolute atomic E-state index is 0.678. The van der Waals surface area contributed by atoms with Gasteiger partial charge in [-0.2, -0.15) is 0 Å². The van der Waals surface area contributed by atoms with Crippen molar-refractivity contribution in [2.24, 2.45) is 4.99 Å². The molecule has 2 nitrogen and oxygen atoms in total. The van der Waals surface area contributed by atoms with Crippen LogP contribution in [0.1, 0.15) is 11.1 Å². The van der Waals surface area contributed by atoms with Crippen molar-refractivity contribution in [1.29, 1.82) is 0 Å². The highest BCUT2D eigenvalue weighted by Crippen LogP contribution is 2.36. The molecular formula is C29H18Cl2N2S2. The Morgan fingerprint density at radius 1 is 0.800 bits per heavy atom. The van der Waals surface area contributed by atoms with Crippen LogP contribution in [0.5, 0.6) is 0 Å². The summed E-state index contributed by atoms with van der Waals surface area (Å²) in [5, 5.41) is 6.19. The van der Waals surface area contributed by atoms with Crippen LogP contribution in [0.4, 0.5) is 5.69 Å². The van der Waals surface area contributed by atoms with Crippen LogP contribution in [-0.4, -0.2) is 11.2 Å². The normalized spacial score (nSPS) is 11.8. The minimum atomic E-state index is 0.678. The fourth-order valence-electron chi connectivity index (χ4n) is 4.17. The summed E-state index contributed by atoms with van der Waals surface area (Å²) in [6, 6.07) is 30.9. The van der Waals surface area contributed by atoms with Crippen molar-refractivity contribution in [3.05, 3.63) is 112 Å². The average molecular weight is 530 g/mol. The maximum absolute atomic E-state index is 6.32. The van der Waals surface area contributed by atoms with Crippen LogP contribution >= 0.6 is 46.3 Å². The predicted octanol–water partition coefficient (Wildman–Crippen LogP) is 9.95. The van der Waals surface area contributed by atoms with Crippen molar-refractivity contribution in [2.45, 2.75) is 10.1 Å². The molecule has 6 heteroatoms. The summed E-state index contributed by atoms with van der Waals surface area (Å²) in [7, 11) is 0. The zero-order chi connectivity index (χ0) is 23.8. The molecule has 0 saturated carbocycles. The molecule has 170 valence electrons. The molecule has 0 aliphatic carbocycles. The maximum Gasteiger partial charge on any atom is 0.151 e. The van der Waals surface area contributed by atoms with Gasteiger partial charge in [0.05, 0.1) is 15.9 Å². The van der Waals surface area contributed by atoms with Gasteiger partial charge in [0.2, 0.25) is 0 Å². The summed E-state index contributed by atoms with van der Waals surface area (Å²) in [4.78, 5) is 9.64. The number of thioether (sulfide) groups is 1.